The molecule has 1 heterocycles. The number of H-pyrrole nitrogens is 1. The monoisotopic (exact) mass is 335 g/mol. The van der Waals surface area contributed by atoms with Gasteiger partial charge in [-0.25, -0.2) is 0 Å². The first kappa shape index (κ1) is 16.5. The first-order chi connectivity index (χ1) is 12.1. The fourth-order valence-corrected chi connectivity index (χ4v) is 2.54. The molecule has 0 spiro atoms. The highest BCUT2D eigenvalue weighted by Crippen LogP contribution is 2.27. The summed E-state index contributed by atoms with van der Waals surface area (Å²) in [5.41, 5.74) is 1.39. The number of nitrogens with one attached hydrogen (secondary N) is 1. The fourth-order valence-electron chi connectivity index (χ4n) is 2.54. The highest BCUT2D eigenvalue weighted by atomic mass is 16.5. The SMILES string of the molecule is COc1ccc(C(=O)/C=C/c2cc3ccccc3[nH]c2=O)cc1OC. The molecule has 0 unspecified atom stereocenters. The van der Waals surface area contributed by atoms with Crippen LogP contribution in [0.4, 0.5) is 0 Å². The first-order valence-electron chi connectivity index (χ1n) is 7.69. The largest absolute Gasteiger partial charge is 0.493 e. The summed E-state index contributed by atoms with van der Waals surface area (Å²) in [7, 11) is 3.04. The Balaban J connectivity index is 1.90. The number of carbonyl (C=O) groups excluding carboxylic acids is 1. The Hall–Kier alpha value is -3.34. The zero-order chi connectivity index (χ0) is 17.8. The number of rotatable bonds is 5. The van der Waals surface area contributed by atoms with Crippen molar-refractivity contribution in [2.75, 3.05) is 14.2 Å². The van der Waals surface area contributed by atoms with Gasteiger partial charge in [0.1, 0.15) is 0 Å². The van der Waals surface area contributed by atoms with Gasteiger partial charge in [-0.15, -0.1) is 0 Å². The maximum Gasteiger partial charge on any atom is 0.255 e. The van der Waals surface area contributed by atoms with Crippen LogP contribution in [0.3, 0.4) is 0 Å². The molecular formula is C20H17NO4. The van der Waals surface area contributed by atoms with E-state index in [9.17, 15) is 9.59 Å². The number of hydrogen-bond donors (Lipinski definition) is 1. The van der Waals surface area contributed by atoms with Crippen LogP contribution in [0.25, 0.3) is 17.0 Å². The third-order valence-corrected chi connectivity index (χ3v) is 3.86. The van der Waals surface area contributed by atoms with Gasteiger partial charge in [-0.2, -0.15) is 0 Å². The third-order valence-electron chi connectivity index (χ3n) is 3.86. The van der Waals surface area contributed by atoms with E-state index in [2.05, 4.69) is 4.98 Å². The van der Waals surface area contributed by atoms with Gasteiger partial charge in [0.05, 0.1) is 14.2 Å². The van der Waals surface area contributed by atoms with Crippen molar-refractivity contribution in [1.82, 2.24) is 4.98 Å². The maximum atomic E-state index is 12.4. The molecule has 5 heteroatoms. The molecule has 2 aromatic carbocycles. The predicted molar refractivity (Wildman–Crippen MR) is 97.5 cm³/mol. The van der Waals surface area contributed by atoms with Gasteiger partial charge in [-0.3, -0.25) is 9.59 Å². The lowest BCUT2D eigenvalue weighted by molar-refractivity contribution is 0.104. The summed E-state index contributed by atoms with van der Waals surface area (Å²) in [6.45, 7) is 0. The van der Waals surface area contributed by atoms with Crippen LogP contribution in [0, 0.1) is 0 Å². The van der Waals surface area contributed by atoms with Crippen LogP contribution in [0.5, 0.6) is 11.5 Å². The highest BCUT2D eigenvalue weighted by Gasteiger charge is 2.09. The molecule has 0 radical (unpaired) electrons. The summed E-state index contributed by atoms with van der Waals surface area (Å²) >= 11 is 0. The van der Waals surface area contributed by atoms with E-state index in [1.54, 1.807) is 24.3 Å². The number of para-hydroxylation sites is 1. The number of aromatic amines is 1. The summed E-state index contributed by atoms with van der Waals surface area (Å²) in [5, 5.41) is 0.903. The molecule has 0 saturated carbocycles. The van der Waals surface area contributed by atoms with Gasteiger partial charge in [0.2, 0.25) is 0 Å². The zero-order valence-corrected chi connectivity index (χ0v) is 13.9. The molecule has 0 bridgehead atoms. The molecule has 126 valence electrons. The maximum absolute atomic E-state index is 12.4. The normalized spacial score (nSPS) is 11.0. The van der Waals surface area contributed by atoms with Crippen LogP contribution in [-0.2, 0) is 0 Å². The molecule has 0 aliphatic rings. The van der Waals surface area contributed by atoms with Gasteiger partial charge in [0.25, 0.3) is 5.56 Å². The van der Waals surface area contributed by atoms with Gasteiger partial charge in [-0.1, -0.05) is 18.2 Å². The van der Waals surface area contributed by atoms with E-state index in [1.165, 1.54) is 26.4 Å². The van der Waals surface area contributed by atoms with E-state index >= 15 is 0 Å². The lowest BCUT2D eigenvalue weighted by Gasteiger charge is -2.08. The fraction of sp³-hybridized carbons (Fsp3) is 0.100. The molecule has 0 atom stereocenters. The van der Waals surface area contributed by atoms with E-state index in [4.69, 9.17) is 9.47 Å². The Morgan fingerprint density at radius 3 is 2.52 bits per heavy atom. The molecule has 3 rings (SSSR count). The lowest BCUT2D eigenvalue weighted by Crippen LogP contribution is -2.09. The second kappa shape index (κ2) is 7.05. The van der Waals surface area contributed by atoms with Crippen molar-refractivity contribution in [3.63, 3.8) is 0 Å². The van der Waals surface area contributed by atoms with Crippen LogP contribution in [0.15, 0.2) is 59.4 Å². The van der Waals surface area contributed by atoms with Crippen molar-refractivity contribution in [3.8, 4) is 11.5 Å². The second-order valence-corrected chi connectivity index (χ2v) is 5.41. The van der Waals surface area contributed by atoms with Crippen LogP contribution in [0.1, 0.15) is 15.9 Å². The van der Waals surface area contributed by atoms with E-state index in [0.29, 0.717) is 22.6 Å². The number of hydrogen-bond acceptors (Lipinski definition) is 4. The Kier molecular flexibility index (Phi) is 4.66. The van der Waals surface area contributed by atoms with Crippen molar-refractivity contribution in [2.45, 2.75) is 0 Å². The Morgan fingerprint density at radius 1 is 1.00 bits per heavy atom. The van der Waals surface area contributed by atoms with E-state index in [1.807, 2.05) is 24.3 Å². The minimum atomic E-state index is -0.241. The van der Waals surface area contributed by atoms with E-state index in [0.717, 1.165) is 10.9 Å². The average Bonchev–Trinajstić information content (AvgIpc) is 2.65. The lowest BCUT2D eigenvalue weighted by atomic mass is 10.1. The van der Waals surface area contributed by atoms with Crippen LogP contribution >= 0.6 is 0 Å². The molecule has 0 aliphatic carbocycles. The second-order valence-electron chi connectivity index (χ2n) is 5.41. The van der Waals surface area contributed by atoms with E-state index in [-0.39, 0.29) is 11.3 Å². The Labute approximate surface area is 144 Å². The quantitative estimate of drug-likeness (QED) is 0.573. The van der Waals surface area contributed by atoms with Crippen molar-refractivity contribution < 1.29 is 14.3 Å². The van der Waals surface area contributed by atoms with Gasteiger partial charge >= 0.3 is 0 Å². The van der Waals surface area contributed by atoms with Gasteiger partial charge in [0, 0.05) is 16.6 Å². The topological polar surface area (TPSA) is 68.4 Å². The van der Waals surface area contributed by atoms with Crippen LogP contribution < -0.4 is 15.0 Å². The zero-order valence-electron chi connectivity index (χ0n) is 13.9. The van der Waals surface area contributed by atoms with Crippen molar-refractivity contribution >= 4 is 22.8 Å². The number of ether oxygens (including phenoxy) is 2. The Morgan fingerprint density at radius 2 is 1.76 bits per heavy atom. The van der Waals surface area contributed by atoms with Gasteiger partial charge < -0.3 is 14.5 Å². The number of aromatic nitrogens is 1. The van der Waals surface area contributed by atoms with Crippen molar-refractivity contribution in [1.29, 1.82) is 0 Å². The first-order valence-corrected chi connectivity index (χ1v) is 7.69. The molecule has 5 nitrogen and oxygen atoms in total. The number of pyridine rings is 1. The molecule has 0 fully saturated rings. The summed E-state index contributed by atoms with van der Waals surface area (Å²) in [6, 6.07) is 14.2. The molecule has 1 aromatic heterocycles. The standard InChI is InChI=1S/C20H17NO4/c1-24-18-10-8-14(12-19(18)25-2)17(22)9-7-15-11-13-5-3-4-6-16(13)21-20(15)23/h3-12H,1-2H3,(H,21,23)/b9-7+. The van der Waals surface area contributed by atoms with Gasteiger partial charge in [-0.05, 0) is 47.9 Å². The molecule has 25 heavy (non-hydrogen) atoms. The van der Waals surface area contributed by atoms with Crippen molar-refractivity contribution in [3.05, 3.63) is 76.1 Å². The molecule has 0 amide bonds. The van der Waals surface area contributed by atoms with Crippen molar-refractivity contribution in [2.24, 2.45) is 0 Å². The molecule has 0 saturated heterocycles. The number of methoxy groups -OCH3 is 2. The molecular weight excluding hydrogens is 318 g/mol. The molecule has 3 aromatic rings. The van der Waals surface area contributed by atoms with Crippen LogP contribution in [0.2, 0.25) is 0 Å². The summed E-state index contributed by atoms with van der Waals surface area (Å²) < 4.78 is 10.4. The number of benzene rings is 2. The summed E-state index contributed by atoms with van der Waals surface area (Å²) in [6.07, 6.45) is 2.89. The number of fused-ring (bicyclic) bond motifs is 1. The minimum absolute atomic E-state index is 0.228. The average molecular weight is 335 g/mol. The highest BCUT2D eigenvalue weighted by molar-refractivity contribution is 6.07. The third kappa shape index (κ3) is 3.45. The number of allylic oxidation sites excluding steroid dienone is 1. The summed E-state index contributed by atoms with van der Waals surface area (Å²) in [4.78, 5) is 27.3. The van der Waals surface area contributed by atoms with Crippen LogP contribution in [-0.4, -0.2) is 25.0 Å². The molecule has 1 N–H and O–H groups in total. The van der Waals surface area contributed by atoms with Gasteiger partial charge in [0.15, 0.2) is 17.3 Å². The number of carbonyl (C=O) groups is 1. The smallest absolute Gasteiger partial charge is 0.255 e. The molecule has 0 aliphatic heterocycles. The predicted octanol–water partition coefficient (Wildman–Crippen LogP) is 3.44. The Bertz CT molecular complexity index is 1020. The number of ketones is 1. The summed E-state index contributed by atoms with van der Waals surface area (Å²) in [5.74, 6) is 0.799. The minimum Gasteiger partial charge on any atom is -0.493 e. The van der Waals surface area contributed by atoms with E-state index < -0.39 is 0 Å².